The Hall–Kier alpha value is -1.98. The smallest absolute Gasteiger partial charge is 0.403 e. The van der Waals surface area contributed by atoms with E-state index in [2.05, 4.69) is 0 Å². The Morgan fingerprint density at radius 2 is 1.50 bits per heavy atom. The molecule has 0 bridgehead atoms. The number of benzene rings is 2. The van der Waals surface area contributed by atoms with Crippen molar-refractivity contribution in [2.45, 2.75) is 51.1 Å². The summed E-state index contributed by atoms with van der Waals surface area (Å²) in [6.07, 6.45) is 0.229. The van der Waals surface area contributed by atoms with Gasteiger partial charge in [-0.25, -0.2) is 4.39 Å². The van der Waals surface area contributed by atoms with Crippen molar-refractivity contribution in [1.29, 1.82) is 0 Å². The van der Waals surface area contributed by atoms with Crippen LogP contribution in [0.25, 0.3) is 0 Å². The van der Waals surface area contributed by atoms with Crippen LogP contribution in [-0.2, 0) is 9.31 Å². The van der Waals surface area contributed by atoms with Gasteiger partial charge in [0.05, 0.1) is 11.2 Å². The van der Waals surface area contributed by atoms with Crippen LogP contribution in [0, 0.1) is 5.82 Å². The van der Waals surface area contributed by atoms with Crippen LogP contribution in [0.5, 0.6) is 0 Å². The molecule has 0 aliphatic carbocycles. The zero-order chi connectivity index (χ0) is 18.9. The lowest BCUT2D eigenvalue weighted by Gasteiger charge is -2.32. The molecule has 3 nitrogen and oxygen atoms in total. The summed E-state index contributed by atoms with van der Waals surface area (Å²) in [6, 6.07) is 15.4. The van der Waals surface area contributed by atoms with E-state index in [9.17, 15) is 9.18 Å². The van der Waals surface area contributed by atoms with Gasteiger partial charge in [0.2, 0.25) is 0 Å². The normalized spacial score (nSPS) is 19.3. The summed E-state index contributed by atoms with van der Waals surface area (Å²) in [5.41, 5.74) is 0.489. The van der Waals surface area contributed by atoms with Crippen molar-refractivity contribution in [3.63, 3.8) is 0 Å². The molecule has 5 heteroatoms. The van der Waals surface area contributed by atoms with Crippen molar-refractivity contribution in [2.75, 3.05) is 0 Å². The number of halogens is 1. The molecule has 26 heavy (non-hydrogen) atoms. The van der Waals surface area contributed by atoms with Gasteiger partial charge in [0.15, 0.2) is 5.78 Å². The van der Waals surface area contributed by atoms with Crippen LogP contribution in [0.4, 0.5) is 4.39 Å². The minimum atomic E-state index is -0.571. The van der Waals surface area contributed by atoms with Crippen LogP contribution in [0.3, 0.4) is 0 Å². The maximum atomic E-state index is 13.4. The van der Waals surface area contributed by atoms with E-state index in [0.29, 0.717) is 5.56 Å². The lowest BCUT2D eigenvalue weighted by Crippen LogP contribution is -2.41. The fraction of sp³-hybridized carbons (Fsp3) is 0.381. The lowest BCUT2D eigenvalue weighted by atomic mass is 9.65. The summed E-state index contributed by atoms with van der Waals surface area (Å²) in [6.45, 7) is 7.92. The second-order valence-electron chi connectivity index (χ2n) is 7.78. The van der Waals surface area contributed by atoms with Crippen LogP contribution < -0.4 is 0 Å². The van der Waals surface area contributed by atoms with Gasteiger partial charge < -0.3 is 9.31 Å². The minimum absolute atomic E-state index is 0.00892. The molecule has 0 amide bonds. The lowest BCUT2D eigenvalue weighted by molar-refractivity contribution is 0.00578. The van der Waals surface area contributed by atoms with E-state index in [1.54, 1.807) is 24.3 Å². The highest BCUT2D eigenvalue weighted by molar-refractivity contribution is 6.48. The van der Waals surface area contributed by atoms with E-state index in [0.717, 1.165) is 5.56 Å². The van der Waals surface area contributed by atoms with E-state index in [4.69, 9.17) is 9.31 Å². The van der Waals surface area contributed by atoms with Gasteiger partial charge in [-0.15, -0.1) is 0 Å². The number of carbonyl (C=O) groups excluding carboxylic acids is 1. The number of rotatable bonds is 5. The predicted molar refractivity (Wildman–Crippen MR) is 101 cm³/mol. The van der Waals surface area contributed by atoms with Crippen molar-refractivity contribution in [3.05, 3.63) is 71.5 Å². The summed E-state index contributed by atoms with van der Waals surface area (Å²) >= 11 is 0. The van der Waals surface area contributed by atoms with Gasteiger partial charge in [0, 0.05) is 17.8 Å². The number of hydrogen-bond acceptors (Lipinski definition) is 3. The van der Waals surface area contributed by atoms with Gasteiger partial charge in [-0.3, -0.25) is 4.79 Å². The van der Waals surface area contributed by atoms with Crippen LogP contribution >= 0.6 is 0 Å². The monoisotopic (exact) mass is 354 g/mol. The van der Waals surface area contributed by atoms with E-state index in [-0.39, 0.29) is 23.8 Å². The molecule has 0 N–H and O–H groups in total. The third-order valence-corrected chi connectivity index (χ3v) is 5.40. The Morgan fingerprint density at radius 1 is 0.962 bits per heavy atom. The highest BCUT2D eigenvalue weighted by atomic mass is 19.1. The fourth-order valence-electron chi connectivity index (χ4n) is 3.08. The molecule has 1 aliphatic heterocycles. The molecule has 0 aromatic heterocycles. The van der Waals surface area contributed by atoms with Crippen LogP contribution in [0.2, 0.25) is 0 Å². The Bertz CT molecular complexity index is 756. The molecule has 0 radical (unpaired) electrons. The van der Waals surface area contributed by atoms with E-state index < -0.39 is 18.3 Å². The molecule has 1 fully saturated rings. The third kappa shape index (κ3) is 3.74. The first-order valence-electron chi connectivity index (χ1n) is 8.89. The second-order valence-corrected chi connectivity index (χ2v) is 7.78. The molecule has 1 unspecified atom stereocenters. The molecule has 1 saturated heterocycles. The number of ketones is 1. The second kappa shape index (κ2) is 6.97. The summed E-state index contributed by atoms with van der Waals surface area (Å²) in [5, 5.41) is 0. The molecule has 0 saturated carbocycles. The summed E-state index contributed by atoms with van der Waals surface area (Å²) in [7, 11) is -0.571. The highest BCUT2D eigenvalue weighted by Gasteiger charge is 2.54. The molecule has 1 heterocycles. The molecule has 2 aromatic rings. The van der Waals surface area contributed by atoms with Crippen molar-refractivity contribution in [1.82, 2.24) is 0 Å². The first kappa shape index (κ1) is 18.8. The predicted octanol–water partition coefficient (Wildman–Crippen LogP) is 4.81. The van der Waals surface area contributed by atoms with Crippen molar-refractivity contribution >= 4 is 12.9 Å². The zero-order valence-electron chi connectivity index (χ0n) is 15.7. The summed E-state index contributed by atoms with van der Waals surface area (Å²) < 4.78 is 25.7. The first-order chi connectivity index (χ1) is 12.2. The van der Waals surface area contributed by atoms with Crippen molar-refractivity contribution < 1.29 is 18.5 Å². The van der Waals surface area contributed by atoms with Crippen molar-refractivity contribution in [3.8, 4) is 0 Å². The first-order valence-corrected chi connectivity index (χ1v) is 8.89. The van der Waals surface area contributed by atoms with Gasteiger partial charge >= 0.3 is 7.12 Å². The quantitative estimate of drug-likeness (QED) is 0.571. The van der Waals surface area contributed by atoms with E-state index >= 15 is 0 Å². The standard InChI is InChI=1S/C21H24BFO3/c1-20(2)21(3,4)26-22(25-20)18(15-10-12-17(23)13-11-15)14-19(24)16-8-6-5-7-9-16/h5-13,18H,14H2,1-4H3. The van der Waals surface area contributed by atoms with E-state index in [1.807, 2.05) is 45.9 Å². The van der Waals surface area contributed by atoms with Gasteiger partial charge in [-0.1, -0.05) is 42.5 Å². The Balaban J connectivity index is 1.90. The minimum Gasteiger partial charge on any atom is -0.403 e. The molecular weight excluding hydrogens is 330 g/mol. The van der Waals surface area contributed by atoms with Crippen LogP contribution in [-0.4, -0.2) is 24.1 Å². The average molecular weight is 354 g/mol. The van der Waals surface area contributed by atoms with Crippen molar-refractivity contribution in [2.24, 2.45) is 0 Å². The van der Waals surface area contributed by atoms with E-state index in [1.165, 1.54) is 12.1 Å². The Morgan fingerprint density at radius 3 is 2.04 bits per heavy atom. The van der Waals surface area contributed by atoms with Gasteiger partial charge in [0.25, 0.3) is 0 Å². The van der Waals surface area contributed by atoms with Gasteiger partial charge in [-0.05, 0) is 45.4 Å². The average Bonchev–Trinajstić information content (AvgIpc) is 2.82. The number of carbonyl (C=O) groups is 1. The SMILES string of the molecule is CC1(C)OB(C(CC(=O)c2ccccc2)c2ccc(F)cc2)OC1(C)C. The molecule has 1 aliphatic rings. The zero-order valence-corrected chi connectivity index (χ0v) is 15.7. The largest absolute Gasteiger partial charge is 0.466 e. The van der Waals surface area contributed by atoms with Crippen LogP contribution in [0.15, 0.2) is 54.6 Å². The maximum absolute atomic E-state index is 13.4. The number of Topliss-reactive ketones (excluding diaryl/α,β-unsaturated/α-hetero) is 1. The molecule has 2 aromatic carbocycles. The highest BCUT2D eigenvalue weighted by Crippen LogP contribution is 2.42. The third-order valence-electron chi connectivity index (χ3n) is 5.40. The summed E-state index contributed by atoms with van der Waals surface area (Å²) in [4.78, 5) is 12.8. The molecule has 136 valence electrons. The maximum Gasteiger partial charge on any atom is 0.466 e. The topological polar surface area (TPSA) is 35.5 Å². The van der Waals surface area contributed by atoms with Gasteiger partial charge in [0.1, 0.15) is 5.82 Å². The fourth-order valence-corrected chi connectivity index (χ4v) is 3.08. The molecule has 0 spiro atoms. The Kier molecular flexibility index (Phi) is 5.04. The summed E-state index contributed by atoms with van der Waals surface area (Å²) in [5.74, 6) is -0.616. The molecular formula is C21H24BFO3. The molecule has 3 rings (SSSR count). The van der Waals surface area contributed by atoms with Crippen LogP contribution in [0.1, 0.15) is 55.9 Å². The number of hydrogen-bond donors (Lipinski definition) is 0. The Labute approximate surface area is 154 Å². The van der Waals surface area contributed by atoms with Gasteiger partial charge in [-0.2, -0.15) is 0 Å². The molecule has 1 atom stereocenters.